The van der Waals surface area contributed by atoms with Crippen LogP contribution in [0.2, 0.25) is 0 Å². The maximum atomic E-state index is 10.2. The molecular formula is C15H15Br2NO2. The molecule has 2 aromatic rings. The minimum Gasteiger partial charge on any atom is -0.497 e. The third-order valence-electron chi connectivity index (χ3n) is 2.92. The minimum atomic E-state index is -0.573. The molecule has 0 fully saturated rings. The van der Waals surface area contributed by atoms with Gasteiger partial charge in [0.05, 0.1) is 13.2 Å². The number of ether oxygens (including phenoxy) is 1. The van der Waals surface area contributed by atoms with Crippen molar-refractivity contribution in [2.24, 2.45) is 0 Å². The highest BCUT2D eigenvalue weighted by Crippen LogP contribution is 2.27. The summed E-state index contributed by atoms with van der Waals surface area (Å²) in [7, 11) is 1.62. The smallest absolute Gasteiger partial charge is 0.118 e. The van der Waals surface area contributed by atoms with E-state index < -0.39 is 6.10 Å². The van der Waals surface area contributed by atoms with Crippen LogP contribution in [0.3, 0.4) is 0 Å². The van der Waals surface area contributed by atoms with Gasteiger partial charge in [0.2, 0.25) is 0 Å². The molecule has 3 nitrogen and oxygen atoms in total. The van der Waals surface area contributed by atoms with Gasteiger partial charge in [-0.3, -0.25) is 0 Å². The summed E-state index contributed by atoms with van der Waals surface area (Å²) in [6.45, 7) is 0.437. The fraction of sp³-hybridized carbons (Fsp3) is 0.200. The predicted octanol–water partition coefficient (Wildman–Crippen LogP) is 4.37. The van der Waals surface area contributed by atoms with Gasteiger partial charge in [0, 0.05) is 21.2 Å². The highest BCUT2D eigenvalue weighted by molar-refractivity contribution is 9.11. The third kappa shape index (κ3) is 3.98. The summed E-state index contributed by atoms with van der Waals surface area (Å²) in [4.78, 5) is 0. The maximum absolute atomic E-state index is 10.2. The molecule has 0 amide bonds. The Morgan fingerprint density at radius 1 is 1.15 bits per heavy atom. The average molecular weight is 401 g/mol. The van der Waals surface area contributed by atoms with Gasteiger partial charge >= 0.3 is 0 Å². The van der Waals surface area contributed by atoms with E-state index in [9.17, 15) is 5.11 Å². The molecule has 106 valence electrons. The van der Waals surface area contributed by atoms with Crippen LogP contribution in [0.4, 0.5) is 5.69 Å². The minimum absolute atomic E-state index is 0.437. The lowest BCUT2D eigenvalue weighted by atomic mass is 10.1. The van der Waals surface area contributed by atoms with Crippen LogP contribution in [0, 0.1) is 0 Å². The average Bonchev–Trinajstić information content (AvgIpc) is 2.46. The first-order valence-electron chi connectivity index (χ1n) is 6.11. The van der Waals surface area contributed by atoms with Gasteiger partial charge in [-0.25, -0.2) is 0 Å². The molecule has 0 heterocycles. The van der Waals surface area contributed by atoms with Crippen molar-refractivity contribution in [3.8, 4) is 5.75 Å². The second-order valence-electron chi connectivity index (χ2n) is 4.29. The number of rotatable bonds is 5. The van der Waals surface area contributed by atoms with Gasteiger partial charge in [0.1, 0.15) is 5.75 Å². The standard InChI is InChI=1S/C15H15Br2NO2/c1-20-12-5-2-10(3-6-12)15(19)9-18-14-7-4-11(16)8-13(14)17/h2-8,15,18-19H,9H2,1H3. The predicted molar refractivity (Wildman–Crippen MR) is 88.3 cm³/mol. The topological polar surface area (TPSA) is 41.5 Å². The lowest BCUT2D eigenvalue weighted by Crippen LogP contribution is -2.12. The molecular weight excluding hydrogens is 386 g/mol. The molecule has 1 atom stereocenters. The van der Waals surface area contributed by atoms with E-state index in [1.807, 2.05) is 42.5 Å². The molecule has 0 spiro atoms. The summed E-state index contributed by atoms with van der Waals surface area (Å²) in [5.41, 5.74) is 1.80. The van der Waals surface area contributed by atoms with E-state index in [0.29, 0.717) is 6.54 Å². The third-order valence-corrected chi connectivity index (χ3v) is 4.07. The summed E-state index contributed by atoms with van der Waals surface area (Å²) in [5.74, 6) is 0.782. The van der Waals surface area contributed by atoms with Gasteiger partial charge in [0.25, 0.3) is 0 Å². The normalized spacial score (nSPS) is 12.0. The van der Waals surface area contributed by atoms with Crippen LogP contribution >= 0.6 is 31.9 Å². The van der Waals surface area contributed by atoms with Crippen molar-refractivity contribution in [1.29, 1.82) is 0 Å². The molecule has 0 aliphatic heterocycles. The number of hydrogen-bond acceptors (Lipinski definition) is 3. The van der Waals surface area contributed by atoms with Crippen LogP contribution in [0.25, 0.3) is 0 Å². The molecule has 0 saturated heterocycles. The first-order chi connectivity index (χ1) is 9.60. The molecule has 0 radical (unpaired) electrons. The van der Waals surface area contributed by atoms with Gasteiger partial charge in [-0.05, 0) is 51.8 Å². The van der Waals surface area contributed by atoms with Gasteiger partial charge < -0.3 is 15.2 Å². The van der Waals surface area contributed by atoms with Crippen LogP contribution in [-0.2, 0) is 0 Å². The van der Waals surface area contributed by atoms with Crippen molar-refractivity contribution >= 4 is 37.5 Å². The Morgan fingerprint density at radius 3 is 2.45 bits per heavy atom. The Morgan fingerprint density at radius 2 is 1.85 bits per heavy atom. The number of aliphatic hydroxyl groups is 1. The van der Waals surface area contributed by atoms with Crippen molar-refractivity contribution in [2.45, 2.75) is 6.10 Å². The Bertz CT molecular complexity index is 573. The van der Waals surface area contributed by atoms with Gasteiger partial charge in [-0.15, -0.1) is 0 Å². The summed E-state index contributed by atoms with van der Waals surface area (Å²) in [5, 5.41) is 13.4. The number of nitrogens with one attached hydrogen (secondary N) is 1. The first kappa shape index (κ1) is 15.4. The SMILES string of the molecule is COc1ccc(C(O)CNc2ccc(Br)cc2Br)cc1. The number of benzene rings is 2. The molecule has 1 unspecified atom stereocenters. The molecule has 20 heavy (non-hydrogen) atoms. The van der Waals surface area contributed by atoms with Crippen molar-refractivity contribution in [3.05, 3.63) is 57.0 Å². The fourth-order valence-corrected chi connectivity index (χ4v) is 2.97. The zero-order chi connectivity index (χ0) is 14.5. The maximum Gasteiger partial charge on any atom is 0.118 e. The van der Waals surface area contributed by atoms with Crippen molar-refractivity contribution in [3.63, 3.8) is 0 Å². The molecule has 0 saturated carbocycles. The highest BCUT2D eigenvalue weighted by atomic mass is 79.9. The largest absolute Gasteiger partial charge is 0.497 e. The Hall–Kier alpha value is -1.04. The lowest BCUT2D eigenvalue weighted by molar-refractivity contribution is 0.191. The van der Waals surface area contributed by atoms with E-state index in [2.05, 4.69) is 37.2 Å². The molecule has 0 aliphatic carbocycles. The molecule has 0 aromatic heterocycles. The van der Waals surface area contributed by atoms with Crippen LogP contribution < -0.4 is 10.1 Å². The molecule has 0 aliphatic rings. The lowest BCUT2D eigenvalue weighted by Gasteiger charge is -2.14. The quantitative estimate of drug-likeness (QED) is 0.783. The van der Waals surface area contributed by atoms with E-state index in [-0.39, 0.29) is 0 Å². The number of aliphatic hydroxyl groups excluding tert-OH is 1. The number of halogens is 2. The number of methoxy groups -OCH3 is 1. The van der Waals surface area contributed by atoms with Crippen LogP contribution in [0.5, 0.6) is 5.75 Å². The number of anilines is 1. The van der Waals surface area contributed by atoms with E-state index >= 15 is 0 Å². The zero-order valence-corrected chi connectivity index (χ0v) is 14.1. The Balaban J connectivity index is 1.98. The molecule has 2 aromatic carbocycles. The summed E-state index contributed by atoms with van der Waals surface area (Å²) in [6.07, 6.45) is -0.573. The number of hydrogen-bond donors (Lipinski definition) is 2. The Kier molecular flexibility index (Phi) is 5.46. The summed E-state index contributed by atoms with van der Waals surface area (Å²) >= 11 is 6.89. The molecule has 0 bridgehead atoms. The van der Waals surface area contributed by atoms with E-state index in [0.717, 1.165) is 25.9 Å². The fourth-order valence-electron chi connectivity index (χ4n) is 1.78. The van der Waals surface area contributed by atoms with E-state index in [1.165, 1.54) is 0 Å². The van der Waals surface area contributed by atoms with Gasteiger partial charge in [0.15, 0.2) is 0 Å². The van der Waals surface area contributed by atoms with Crippen molar-refractivity contribution < 1.29 is 9.84 Å². The molecule has 2 rings (SSSR count). The summed E-state index contributed by atoms with van der Waals surface area (Å²) in [6, 6.07) is 13.3. The monoisotopic (exact) mass is 399 g/mol. The van der Waals surface area contributed by atoms with E-state index in [1.54, 1.807) is 7.11 Å². The molecule has 5 heteroatoms. The van der Waals surface area contributed by atoms with Crippen LogP contribution in [0.15, 0.2) is 51.4 Å². The highest BCUT2D eigenvalue weighted by Gasteiger charge is 2.08. The van der Waals surface area contributed by atoms with Crippen LogP contribution in [0.1, 0.15) is 11.7 Å². The molecule has 2 N–H and O–H groups in total. The van der Waals surface area contributed by atoms with E-state index in [4.69, 9.17) is 4.74 Å². The first-order valence-corrected chi connectivity index (χ1v) is 7.69. The van der Waals surface area contributed by atoms with Gasteiger partial charge in [-0.1, -0.05) is 28.1 Å². The second kappa shape index (κ2) is 7.11. The van der Waals surface area contributed by atoms with Gasteiger partial charge in [-0.2, -0.15) is 0 Å². The second-order valence-corrected chi connectivity index (χ2v) is 6.06. The van der Waals surface area contributed by atoms with Crippen molar-refractivity contribution in [1.82, 2.24) is 0 Å². The summed E-state index contributed by atoms with van der Waals surface area (Å²) < 4.78 is 7.06. The van der Waals surface area contributed by atoms with Crippen molar-refractivity contribution in [2.75, 3.05) is 19.0 Å². The van der Waals surface area contributed by atoms with Crippen LogP contribution in [-0.4, -0.2) is 18.8 Å². The Labute approximate surface area is 135 Å². The zero-order valence-electron chi connectivity index (χ0n) is 10.9.